The number of aromatic nitrogens is 1. The van der Waals surface area contributed by atoms with Crippen molar-refractivity contribution >= 4 is 16.6 Å². The predicted octanol–water partition coefficient (Wildman–Crippen LogP) is 3.94. The van der Waals surface area contributed by atoms with E-state index < -0.39 is 4.92 Å². The number of nitro groups is 1. The Morgan fingerprint density at radius 3 is 2.50 bits per heavy atom. The van der Waals surface area contributed by atoms with Crippen LogP contribution in [0.15, 0.2) is 60.8 Å². The lowest BCUT2D eigenvalue weighted by atomic mass is 10.2. The summed E-state index contributed by atoms with van der Waals surface area (Å²) < 4.78 is 5.74. The van der Waals surface area contributed by atoms with E-state index in [-0.39, 0.29) is 5.69 Å². The number of nitro benzene ring substituents is 1. The Kier molecular flexibility index (Phi) is 3.01. The van der Waals surface area contributed by atoms with Gasteiger partial charge in [0.2, 0.25) is 0 Å². The van der Waals surface area contributed by atoms with Gasteiger partial charge in [0, 0.05) is 23.7 Å². The standard InChI is InChI=1S/C15H10N2O3/c18-17(19)12-6-8-13(9-7-12)20-14-5-1-3-11-4-2-10-16-15(11)14/h1-10H. The molecule has 0 unspecified atom stereocenters. The molecule has 5 heteroatoms. The van der Waals surface area contributed by atoms with Crippen LogP contribution in [0.25, 0.3) is 10.9 Å². The van der Waals surface area contributed by atoms with Crippen LogP contribution in [0.4, 0.5) is 5.69 Å². The van der Waals surface area contributed by atoms with Gasteiger partial charge in [0.1, 0.15) is 11.3 Å². The van der Waals surface area contributed by atoms with E-state index in [4.69, 9.17) is 4.74 Å². The quantitative estimate of drug-likeness (QED) is 0.532. The number of hydrogen-bond acceptors (Lipinski definition) is 4. The van der Waals surface area contributed by atoms with Crippen LogP contribution < -0.4 is 4.74 Å². The summed E-state index contributed by atoms with van der Waals surface area (Å²) in [6.07, 6.45) is 1.70. The monoisotopic (exact) mass is 266 g/mol. The molecule has 0 amide bonds. The lowest BCUT2D eigenvalue weighted by Gasteiger charge is -2.07. The molecule has 0 spiro atoms. The van der Waals surface area contributed by atoms with Gasteiger partial charge < -0.3 is 4.74 Å². The number of non-ortho nitro benzene ring substituents is 1. The predicted molar refractivity (Wildman–Crippen MR) is 74.9 cm³/mol. The van der Waals surface area contributed by atoms with E-state index in [2.05, 4.69) is 4.98 Å². The maximum atomic E-state index is 10.6. The van der Waals surface area contributed by atoms with Crippen molar-refractivity contribution < 1.29 is 9.66 Å². The summed E-state index contributed by atoms with van der Waals surface area (Å²) in [6, 6.07) is 15.4. The number of para-hydroxylation sites is 1. The Balaban J connectivity index is 1.95. The van der Waals surface area contributed by atoms with Crippen LogP contribution in [-0.4, -0.2) is 9.91 Å². The van der Waals surface area contributed by atoms with Crippen molar-refractivity contribution in [2.24, 2.45) is 0 Å². The third-order valence-electron chi connectivity index (χ3n) is 2.87. The zero-order chi connectivity index (χ0) is 13.9. The molecule has 3 rings (SSSR count). The van der Waals surface area contributed by atoms with Gasteiger partial charge in [-0.25, -0.2) is 0 Å². The molecule has 98 valence electrons. The topological polar surface area (TPSA) is 65.3 Å². The Morgan fingerprint density at radius 1 is 1.00 bits per heavy atom. The second-order valence-corrected chi connectivity index (χ2v) is 4.18. The van der Waals surface area contributed by atoms with Gasteiger partial charge in [-0.15, -0.1) is 0 Å². The van der Waals surface area contributed by atoms with E-state index in [9.17, 15) is 10.1 Å². The number of pyridine rings is 1. The smallest absolute Gasteiger partial charge is 0.269 e. The Hall–Kier alpha value is -2.95. The van der Waals surface area contributed by atoms with Crippen molar-refractivity contribution in [2.75, 3.05) is 0 Å². The van der Waals surface area contributed by atoms with E-state index in [0.717, 1.165) is 10.9 Å². The lowest BCUT2D eigenvalue weighted by molar-refractivity contribution is -0.384. The van der Waals surface area contributed by atoms with Crippen LogP contribution in [0, 0.1) is 10.1 Å². The van der Waals surface area contributed by atoms with Gasteiger partial charge in [-0.3, -0.25) is 15.1 Å². The average Bonchev–Trinajstić information content (AvgIpc) is 2.48. The van der Waals surface area contributed by atoms with Crippen molar-refractivity contribution in [1.82, 2.24) is 4.98 Å². The Bertz CT molecular complexity index is 764. The van der Waals surface area contributed by atoms with Crippen molar-refractivity contribution in [1.29, 1.82) is 0 Å². The molecule has 0 fully saturated rings. The second kappa shape index (κ2) is 4.97. The highest BCUT2D eigenvalue weighted by atomic mass is 16.6. The van der Waals surface area contributed by atoms with E-state index >= 15 is 0 Å². The van der Waals surface area contributed by atoms with Gasteiger partial charge in [-0.1, -0.05) is 18.2 Å². The summed E-state index contributed by atoms with van der Waals surface area (Å²) in [5, 5.41) is 11.6. The van der Waals surface area contributed by atoms with Crippen molar-refractivity contribution in [3.63, 3.8) is 0 Å². The molecule has 0 N–H and O–H groups in total. The molecular weight excluding hydrogens is 256 g/mol. The van der Waals surface area contributed by atoms with Gasteiger partial charge in [0.25, 0.3) is 5.69 Å². The molecule has 0 saturated heterocycles. The SMILES string of the molecule is O=[N+]([O-])c1ccc(Oc2cccc3cccnc23)cc1. The van der Waals surface area contributed by atoms with Crippen LogP contribution in [-0.2, 0) is 0 Å². The first kappa shape index (κ1) is 12.1. The average molecular weight is 266 g/mol. The van der Waals surface area contributed by atoms with Gasteiger partial charge >= 0.3 is 0 Å². The molecule has 5 nitrogen and oxygen atoms in total. The molecular formula is C15H10N2O3. The first-order chi connectivity index (χ1) is 9.74. The summed E-state index contributed by atoms with van der Waals surface area (Å²) in [7, 11) is 0. The van der Waals surface area contributed by atoms with Crippen molar-refractivity contribution in [3.05, 3.63) is 70.9 Å². The van der Waals surface area contributed by atoms with Gasteiger partial charge in [0.05, 0.1) is 4.92 Å². The highest BCUT2D eigenvalue weighted by Gasteiger charge is 2.07. The molecule has 0 bridgehead atoms. The first-order valence-corrected chi connectivity index (χ1v) is 6.00. The molecule has 2 aromatic carbocycles. The fraction of sp³-hybridized carbons (Fsp3) is 0. The highest BCUT2D eigenvalue weighted by molar-refractivity contribution is 5.84. The van der Waals surface area contributed by atoms with E-state index in [0.29, 0.717) is 11.5 Å². The molecule has 0 radical (unpaired) electrons. The fourth-order valence-electron chi connectivity index (χ4n) is 1.92. The van der Waals surface area contributed by atoms with Gasteiger partial charge in [-0.2, -0.15) is 0 Å². The minimum absolute atomic E-state index is 0.0356. The third-order valence-corrected chi connectivity index (χ3v) is 2.87. The largest absolute Gasteiger partial charge is 0.455 e. The van der Waals surface area contributed by atoms with Crippen molar-refractivity contribution in [3.8, 4) is 11.5 Å². The van der Waals surface area contributed by atoms with Crippen LogP contribution in [0.5, 0.6) is 11.5 Å². The number of rotatable bonds is 3. The summed E-state index contributed by atoms with van der Waals surface area (Å²) in [5.41, 5.74) is 0.793. The number of benzene rings is 2. The highest BCUT2D eigenvalue weighted by Crippen LogP contribution is 2.29. The minimum Gasteiger partial charge on any atom is -0.455 e. The van der Waals surface area contributed by atoms with Crippen LogP contribution in [0.1, 0.15) is 0 Å². The number of ether oxygens (including phenoxy) is 1. The van der Waals surface area contributed by atoms with Gasteiger partial charge in [0.15, 0.2) is 5.75 Å². The summed E-state index contributed by atoms with van der Waals surface area (Å²) in [4.78, 5) is 14.4. The maximum absolute atomic E-state index is 10.6. The first-order valence-electron chi connectivity index (χ1n) is 6.00. The zero-order valence-corrected chi connectivity index (χ0v) is 10.4. The molecule has 0 aliphatic heterocycles. The fourth-order valence-corrected chi connectivity index (χ4v) is 1.92. The minimum atomic E-state index is -0.441. The third kappa shape index (κ3) is 2.29. The van der Waals surface area contributed by atoms with Gasteiger partial charge in [-0.05, 0) is 24.3 Å². The van der Waals surface area contributed by atoms with E-state index in [1.54, 1.807) is 18.3 Å². The normalized spacial score (nSPS) is 10.4. The van der Waals surface area contributed by atoms with Crippen LogP contribution >= 0.6 is 0 Å². The number of nitrogens with zero attached hydrogens (tertiary/aromatic N) is 2. The molecule has 1 aromatic heterocycles. The Morgan fingerprint density at radius 2 is 1.75 bits per heavy atom. The molecule has 0 saturated carbocycles. The van der Waals surface area contributed by atoms with Crippen LogP contribution in [0.3, 0.4) is 0 Å². The molecule has 1 heterocycles. The molecule has 20 heavy (non-hydrogen) atoms. The molecule has 0 aliphatic carbocycles. The maximum Gasteiger partial charge on any atom is 0.269 e. The summed E-state index contributed by atoms with van der Waals surface area (Å²) in [5.74, 6) is 1.16. The zero-order valence-electron chi connectivity index (χ0n) is 10.4. The number of fused-ring (bicyclic) bond motifs is 1. The molecule has 0 atom stereocenters. The van der Waals surface area contributed by atoms with Crippen molar-refractivity contribution in [2.45, 2.75) is 0 Å². The van der Waals surface area contributed by atoms with Crippen LogP contribution in [0.2, 0.25) is 0 Å². The summed E-state index contributed by atoms with van der Waals surface area (Å²) >= 11 is 0. The molecule has 0 aliphatic rings. The lowest BCUT2D eigenvalue weighted by Crippen LogP contribution is -1.90. The molecule has 3 aromatic rings. The van der Waals surface area contributed by atoms with E-state index in [1.165, 1.54) is 12.1 Å². The summed E-state index contributed by atoms with van der Waals surface area (Å²) in [6.45, 7) is 0. The second-order valence-electron chi connectivity index (χ2n) is 4.18. The number of hydrogen-bond donors (Lipinski definition) is 0. The Labute approximate surface area is 114 Å². The van der Waals surface area contributed by atoms with E-state index in [1.807, 2.05) is 30.3 Å².